The Kier molecular flexibility index (Phi) is 3.20. The van der Waals surface area contributed by atoms with Gasteiger partial charge in [-0.25, -0.2) is 4.39 Å². The third-order valence-electron chi connectivity index (χ3n) is 3.59. The highest BCUT2D eigenvalue weighted by Crippen LogP contribution is 2.31. The molecule has 0 radical (unpaired) electrons. The molecule has 13 heavy (non-hydrogen) atoms. The first-order valence-electron chi connectivity index (χ1n) is 5.71. The van der Waals surface area contributed by atoms with Gasteiger partial charge in [-0.2, -0.15) is 0 Å². The van der Waals surface area contributed by atoms with E-state index in [0.717, 1.165) is 32.4 Å². The normalized spacial score (nSPS) is 28.4. The number of nitrogens with one attached hydrogen (secondary N) is 1. The monoisotopic (exact) mass is 185 g/mol. The molecule has 1 aliphatic carbocycles. The zero-order valence-electron chi connectivity index (χ0n) is 8.27. The fourth-order valence-corrected chi connectivity index (χ4v) is 2.52. The molecule has 1 N–H and O–H groups in total. The summed E-state index contributed by atoms with van der Waals surface area (Å²) >= 11 is 0. The second kappa shape index (κ2) is 4.41. The van der Waals surface area contributed by atoms with Crippen LogP contribution in [0.5, 0.6) is 0 Å². The zero-order valence-corrected chi connectivity index (χ0v) is 8.27. The van der Waals surface area contributed by atoms with Crippen LogP contribution in [-0.2, 0) is 0 Å². The minimum absolute atomic E-state index is 0.398. The maximum Gasteiger partial charge on any atom is 0.103 e. The van der Waals surface area contributed by atoms with E-state index in [4.69, 9.17) is 0 Å². The third-order valence-corrected chi connectivity index (χ3v) is 3.59. The number of rotatable bonds is 3. The van der Waals surface area contributed by atoms with Crippen LogP contribution in [0.3, 0.4) is 0 Å². The Morgan fingerprint density at radius 2 is 1.85 bits per heavy atom. The van der Waals surface area contributed by atoms with Gasteiger partial charge in [0.15, 0.2) is 0 Å². The van der Waals surface area contributed by atoms with Crippen LogP contribution in [0.15, 0.2) is 0 Å². The first-order chi connectivity index (χ1) is 6.36. The lowest BCUT2D eigenvalue weighted by molar-refractivity contribution is 0.134. The highest BCUT2D eigenvalue weighted by molar-refractivity contribution is 4.81. The van der Waals surface area contributed by atoms with Gasteiger partial charge >= 0.3 is 0 Å². The van der Waals surface area contributed by atoms with E-state index in [1.165, 1.54) is 19.3 Å². The van der Waals surface area contributed by atoms with E-state index < -0.39 is 6.17 Å². The molecule has 1 unspecified atom stereocenters. The smallest absolute Gasteiger partial charge is 0.103 e. The van der Waals surface area contributed by atoms with Gasteiger partial charge in [-0.15, -0.1) is 0 Å². The zero-order chi connectivity index (χ0) is 9.10. The quantitative estimate of drug-likeness (QED) is 0.712. The molecule has 0 bridgehead atoms. The summed E-state index contributed by atoms with van der Waals surface area (Å²) in [6.07, 6.45) is 6.43. The van der Waals surface area contributed by atoms with Crippen molar-refractivity contribution in [2.24, 2.45) is 11.8 Å². The minimum Gasteiger partial charge on any atom is -0.316 e. The van der Waals surface area contributed by atoms with Gasteiger partial charge in [0.1, 0.15) is 6.17 Å². The summed E-state index contributed by atoms with van der Waals surface area (Å²) in [7, 11) is 0. The minimum atomic E-state index is -0.507. The maximum atomic E-state index is 13.7. The van der Waals surface area contributed by atoms with Crippen LogP contribution in [0.4, 0.5) is 4.39 Å². The molecule has 0 aromatic heterocycles. The van der Waals surface area contributed by atoms with E-state index in [1.807, 2.05) is 0 Å². The van der Waals surface area contributed by atoms with Crippen molar-refractivity contribution >= 4 is 0 Å². The van der Waals surface area contributed by atoms with Crippen LogP contribution in [0.25, 0.3) is 0 Å². The van der Waals surface area contributed by atoms with Crippen molar-refractivity contribution < 1.29 is 4.39 Å². The lowest BCUT2D eigenvalue weighted by atomic mass is 9.82. The Morgan fingerprint density at radius 1 is 1.15 bits per heavy atom. The molecule has 2 fully saturated rings. The first kappa shape index (κ1) is 9.45. The van der Waals surface area contributed by atoms with Crippen molar-refractivity contribution in [1.29, 1.82) is 0 Å². The lowest BCUT2D eigenvalue weighted by Gasteiger charge is -2.32. The van der Waals surface area contributed by atoms with Gasteiger partial charge < -0.3 is 5.32 Å². The standard InChI is InChI=1S/C11H20FN/c12-11(6-9-7-13-8-9)10-4-2-1-3-5-10/h9-11,13H,1-8H2. The summed E-state index contributed by atoms with van der Waals surface area (Å²) < 4.78 is 13.7. The molecule has 0 aromatic carbocycles. The molecule has 1 aliphatic heterocycles. The number of hydrogen-bond acceptors (Lipinski definition) is 1. The van der Waals surface area contributed by atoms with Gasteiger partial charge in [0.05, 0.1) is 0 Å². The van der Waals surface area contributed by atoms with Crippen molar-refractivity contribution in [2.45, 2.75) is 44.7 Å². The second-order valence-corrected chi connectivity index (χ2v) is 4.67. The SMILES string of the molecule is FC(CC1CNC1)C1CCCCC1. The molecule has 2 rings (SSSR count). The van der Waals surface area contributed by atoms with Crippen molar-refractivity contribution in [3.05, 3.63) is 0 Å². The van der Waals surface area contributed by atoms with Crippen LogP contribution in [0.2, 0.25) is 0 Å². The van der Waals surface area contributed by atoms with Crippen LogP contribution in [-0.4, -0.2) is 19.3 Å². The fraction of sp³-hybridized carbons (Fsp3) is 1.00. The average Bonchev–Trinajstić information content (AvgIpc) is 2.12. The highest BCUT2D eigenvalue weighted by atomic mass is 19.1. The fourth-order valence-electron chi connectivity index (χ4n) is 2.52. The maximum absolute atomic E-state index is 13.7. The molecule has 76 valence electrons. The average molecular weight is 185 g/mol. The molecule has 1 saturated carbocycles. The summed E-state index contributed by atoms with van der Waals surface area (Å²) in [5, 5.41) is 3.20. The summed E-state index contributed by atoms with van der Waals surface area (Å²) in [6.45, 7) is 2.10. The predicted molar refractivity (Wildman–Crippen MR) is 52.4 cm³/mol. The van der Waals surface area contributed by atoms with E-state index in [1.54, 1.807) is 0 Å². The molecule has 2 aliphatic rings. The molecule has 0 amide bonds. The van der Waals surface area contributed by atoms with Crippen LogP contribution < -0.4 is 5.32 Å². The lowest BCUT2D eigenvalue weighted by Crippen LogP contribution is -2.43. The topological polar surface area (TPSA) is 12.0 Å². The molecule has 0 spiro atoms. The summed E-state index contributed by atoms with van der Waals surface area (Å²) in [5.41, 5.74) is 0. The van der Waals surface area contributed by atoms with Crippen molar-refractivity contribution in [2.75, 3.05) is 13.1 Å². The molecule has 1 heterocycles. The number of alkyl halides is 1. The van der Waals surface area contributed by atoms with E-state index >= 15 is 0 Å². The number of hydrogen-bond donors (Lipinski definition) is 1. The van der Waals surface area contributed by atoms with Gasteiger partial charge in [-0.05, 0) is 44.2 Å². The molecule has 0 aromatic rings. The van der Waals surface area contributed by atoms with Crippen molar-refractivity contribution in [3.8, 4) is 0 Å². The Bertz CT molecular complexity index is 150. The van der Waals surface area contributed by atoms with Gasteiger partial charge in [0, 0.05) is 0 Å². The third kappa shape index (κ3) is 2.43. The van der Waals surface area contributed by atoms with E-state index in [9.17, 15) is 4.39 Å². The van der Waals surface area contributed by atoms with Crippen LogP contribution in [0, 0.1) is 11.8 Å². The molecule has 1 saturated heterocycles. The molecule has 2 heteroatoms. The van der Waals surface area contributed by atoms with Crippen LogP contribution in [0.1, 0.15) is 38.5 Å². The van der Waals surface area contributed by atoms with Crippen molar-refractivity contribution in [1.82, 2.24) is 5.32 Å². The molecule has 1 atom stereocenters. The molecular formula is C11H20FN. The van der Waals surface area contributed by atoms with Gasteiger partial charge in [-0.1, -0.05) is 19.3 Å². The van der Waals surface area contributed by atoms with Crippen LogP contribution >= 0.6 is 0 Å². The summed E-state index contributed by atoms with van der Waals surface area (Å²) in [6, 6.07) is 0. The second-order valence-electron chi connectivity index (χ2n) is 4.67. The molecular weight excluding hydrogens is 165 g/mol. The highest BCUT2D eigenvalue weighted by Gasteiger charge is 2.28. The van der Waals surface area contributed by atoms with Gasteiger partial charge in [0.2, 0.25) is 0 Å². The molecule has 1 nitrogen and oxygen atoms in total. The Morgan fingerprint density at radius 3 is 2.38 bits per heavy atom. The Hall–Kier alpha value is -0.110. The largest absolute Gasteiger partial charge is 0.316 e. The Balaban J connectivity index is 1.70. The van der Waals surface area contributed by atoms with Crippen molar-refractivity contribution in [3.63, 3.8) is 0 Å². The van der Waals surface area contributed by atoms with E-state index in [-0.39, 0.29) is 0 Å². The van der Waals surface area contributed by atoms with E-state index in [2.05, 4.69) is 5.32 Å². The van der Waals surface area contributed by atoms with Gasteiger partial charge in [-0.3, -0.25) is 0 Å². The number of halogens is 1. The Labute approximate surface area is 80.1 Å². The van der Waals surface area contributed by atoms with Gasteiger partial charge in [0.25, 0.3) is 0 Å². The van der Waals surface area contributed by atoms with E-state index in [0.29, 0.717) is 11.8 Å². The first-order valence-corrected chi connectivity index (χ1v) is 5.71. The predicted octanol–water partition coefficient (Wildman–Crippen LogP) is 2.51. The summed E-state index contributed by atoms with van der Waals surface area (Å²) in [5.74, 6) is 1.03. The summed E-state index contributed by atoms with van der Waals surface area (Å²) in [4.78, 5) is 0.